The number of rotatable bonds is 4. The van der Waals surface area contributed by atoms with E-state index < -0.39 is 5.97 Å². The van der Waals surface area contributed by atoms with Gasteiger partial charge in [-0.25, -0.2) is 9.48 Å². The number of nitrogens with zero attached hydrogens (tertiary/aromatic N) is 4. The second-order valence-corrected chi connectivity index (χ2v) is 5.49. The molecule has 1 fully saturated rings. The fourth-order valence-electron chi connectivity index (χ4n) is 2.07. The number of carbonyl (C=O) groups is 1. The van der Waals surface area contributed by atoms with E-state index in [9.17, 15) is 4.79 Å². The first-order valence-corrected chi connectivity index (χ1v) is 6.70. The van der Waals surface area contributed by atoms with Crippen molar-refractivity contribution >= 4 is 21.9 Å². The van der Waals surface area contributed by atoms with Gasteiger partial charge in [0.15, 0.2) is 5.69 Å². The fraction of sp³-hybridized carbons (Fsp3) is 0.333. The van der Waals surface area contributed by atoms with Crippen LogP contribution in [0, 0.1) is 0 Å². The topological polar surface area (TPSA) is 80.9 Å². The maximum atomic E-state index is 11.1. The highest BCUT2D eigenvalue weighted by molar-refractivity contribution is 9.10. The first-order chi connectivity index (χ1) is 9.15. The van der Waals surface area contributed by atoms with Gasteiger partial charge in [-0.15, -0.1) is 5.10 Å². The lowest BCUT2D eigenvalue weighted by Crippen LogP contribution is -2.08. The van der Waals surface area contributed by atoms with Crippen LogP contribution in [0.2, 0.25) is 0 Å². The third kappa shape index (κ3) is 2.51. The smallest absolute Gasteiger partial charge is 0.358 e. The molecule has 0 aliphatic heterocycles. The number of carboxylic acid groups (broad SMARTS) is 1. The van der Waals surface area contributed by atoms with Crippen LogP contribution in [-0.2, 0) is 6.54 Å². The van der Waals surface area contributed by atoms with Gasteiger partial charge in [0.25, 0.3) is 0 Å². The van der Waals surface area contributed by atoms with E-state index in [2.05, 4.69) is 31.2 Å². The molecule has 2 heterocycles. The van der Waals surface area contributed by atoms with Crippen LogP contribution in [0.1, 0.15) is 40.5 Å². The van der Waals surface area contributed by atoms with Gasteiger partial charge in [0.1, 0.15) is 0 Å². The number of hydrogen-bond donors (Lipinski definition) is 1. The Morgan fingerprint density at radius 3 is 2.89 bits per heavy atom. The summed E-state index contributed by atoms with van der Waals surface area (Å²) in [6.45, 7) is 0.485. The van der Waals surface area contributed by atoms with E-state index in [0.717, 1.165) is 28.6 Å². The van der Waals surface area contributed by atoms with Crippen molar-refractivity contribution in [1.82, 2.24) is 20.0 Å². The molecule has 2 aromatic heterocycles. The van der Waals surface area contributed by atoms with E-state index in [1.54, 1.807) is 17.1 Å². The number of aromatic nitrogens is 4. The molecular weight excluding hydrogens is 312 g/mol. The molecule has 0 amide bonds. The van der Waals surface area contributed by atoms with Gasteiger partial charge in [0.2, 0.25) is 0 Å². The molecule has 0 bridgehead atoms. The predicted molar refractivity (Wildman–Crippen MR) is 70.0 cm³/mol. The van der Waals surface area contributed by atoms with Crippen LogP contribution in [0.4, 0.5) is 0 Å². The normalized spacial score (nSPS) is 14.6. The predicted octanol–water partition coefficient (Wildman–Crippen LogP) is 2.06. The van der Waals surface area contributed by atoms with Crippen molar-refractivity contribution in [3.63, 3.8) is 0 Å². The van der Waals surface area contributed by atoms with Gasteiger partial charge in [-0.3, -0.25) is 4.98 Å². The highest BCUT2D eigenvalue weighted by Crippen LogP contribution is 2.41. The molecule has 1 N–H and O–H groups in total. The number of aromatic carboxylic acids is 1. The minimum absolute atomic E-state index is 0.0745. The molecule has 0 atom stereocenters. The number of carboxylic acids is 1. The molecular formula is C12H11BrN4O2. The quantitative estimate of drug-likeness (QED) is 0.931. The van der Waals surface area contributed by atoms with Gasteiger partial charge in [-0.05, 0) is 40.4 Å². The Bertz CT molecular complexity index is 636. The van der Waals surface area contributed by atoms with Crippen molar-refractivity contribution in [3.05, 3.63) is 39.9 Å². The van der Waals surface area contributed by atoms with Gasteiger partial charge in [0.05, 0.1) is 12.2 Å². The molecule has 0 aromatic carbocycles. The molecule has 0 saturated heterocycles. The summed E-state index contributed by atoms with van der Waals surface area (Å²) in [6, 6.07) is 1.94. The van der Waals surface area contributed by atoms with E-state index in [1.165, 1.54) is 0 Å². The van der Waals surface area contributed by atoms with Crippen molar-refractivity contribution in [3.8, 4) is 0 Å². The van der Waals surface area contributed by atoms with Crippen molar-refractivity contribution in [1.29, 1.82) is 0 Å². The maximum absolute atomic E-state index is 11.1. The summed E-state index contributed by atoms with van der Waals surface area (Å²) in [5.41, 5.74) is 1.76. The van der Waals surface area contributed by atoms with E-state index in [1.807, 2.05) is 6.07 Å². The lowest BCUT2D eigenvalue weighted by Gasteiger charge is -2.06. The molecule has 1 aliphatic carbocycles. The molecule has 2 aromatic rings. The molecule has 0 unspecified atom stereocenters. The lowest BCUT2D eigenvalue weighted by molar-refractivity contribution is 0.0689. The molecule has 19 heavy (non-hydrogen) atoms. The van der Waals surface area contributed by atoms with Crippen LogP contribution < -0.4 is 0 Å². The Morgan fingerprint density at radius 1 is 1.47 bits per heavy atom. The second-order valence-electron chi connectivity index (χ2n) is 4.57. The third-order valence-corrected chi connectivity index (χ3v) is 3.47. The molecule has 1 saturated carbocycles. The zero-order chi connectivity index (χ0) is 13.4. The minimum atomic E-state index is -1.01. The van der Waals surface area contributed by atoms with Crippen molar-refractivity contribution in [2.24, 2.45) is 0 Å². The second kappa shape index (κ2) is 4.73. The summed E-state index contributed by atoms with van der Waals surface area (Å²) in [5.74, 6) is -0.735. The van der Waals surface area contributed by atoms with E-state index >= 15 is 0 Å². The van der Waals surface area contributed by atoms with Crippen LogP contribution in [0.25, 0.3) is 0 Å². The highest BCUT2D eigenvalue weighted by Gasteiger charge is 2.33. The fourth-order valence-corrected chi connectivity index (χ4v) is 2.48. The van der Waals surface area contributed by atoms with E-state index in [4.69, 9.17) is 5.11 Å². The standard InChI is InChI=1S/C12H11BrN4O2/c13-9-3-7(4-14-5-9)6-17-11(8-1-2-8)10(12(18)19)15-16-17/h3-5,8H,1-2,6H2,(H,18,19). The van der Waals surface area contributed by atoms with Gasteiger partial charge in [-0.1, -0.05) is 5.21 Å². The lowest BCUT2D eigenvalue weighted by atomic mass is 10.2. The van der Waals surface area contributed by atoms with Crippen LogP contribution in [0.5, 0.6) is 0 Å². The first-order valence-electron chi connectivity index (χ1n) is 5.91. The van der Waals surface area contributed by atoms with Crippen LogP contribution in [-0.4, -0.2) is 31.1 Å². The summed E-state index contributed by atoms with van der Waals surface area (Å²) in [6.07, 6.45) is 5.45. The Labute approximate surface area is 117 Å². The SMILES string of the molecule is O=C(O)c1nnn(Cc2cncc(Br)c2)c1C1CC1. The van der Waals surface area contributed by atoms with Gasteiger partial charge >= 0.3 is 5.97 Å². The maximum Gasteiger partial charge on any atom is 0.358 e. The Morgan fingerprint density at radius 2 is 2.26 bits per heavy atom. The number of hydrogen-bond acceptors (Lipinski definition) is 4. The largest absolute Gasteiger partial charge is 0.476 e. The van der Waals surface area contributed by atoms with Gasteiger partial charge < -0.3 is 5.11 Å². The van der Waals surface area contributed by atoms with Crippen molar-refractivity contribution < 1.29 is 9.90 Å². The molecule has 7 heteroatoms. The summed E-state index contributed by atoms with van der Waals surface area (Å²) < 4.78 is 2.56. The summed E-state index contributed by atoms with van der Waals surface area (Å²) >= 11 is 3.36. The summed E-state index contributed by atoms with van der Waals surface area (Å²) in [4.78, 5) is 15.2. The minimum Gasteiger partial charge on any atom is -0.476 e. The molecule has 98 valence electrons. The van der Waals surface area contributed by atoms with Crippen LogP contribution >= 0.6 is 15.9 Å². The highest BCUT2D eigenvalue weighted by atomic mass is 79.9. The number of pyridine rings is 1. The zero-order valence-corrected chi connectivity index (χ0v) is 11.5. The average Bonchev–Trinajstić information content (AvgIpc) is 3.11. The van der Waals surface area contributed by atoms with Crippen LogP contribution in [0.15, 0.2) is 22.9 Å². The van der Waals surface area contributed by atoms with Gasteiger partial charge in [-0.2, -0.15) is 0 Å². The Balaban J connectivity index is 1.94. The monoisotopic (exact) mass is 322 g/mol. The molecule has 0 radical (unpaired) electrons. The zero-order valence-electron chi connectivity index (χ0n) is 9.95. The van der Waals surface area contributed by atoms with E-state index in [-0.39, 0.29) is 11.6 Å². The van der Waals surface area contributed by atoms with Gasteiger partial charge in [0, 0.05) is 22.8 Å². The molecule has 0 spiro atoms. The summed E-state index contributed by atoms with van der Waals surface area (Å²) in [5, 5.41) is 16.9. The van der Waals surface area contributed by atoms with Crippen LogP contribution in [0.3, 0.4) is 0 Å². The third-order valence-electron chi connectivity index (χ3n) is 3.03. The summed E-state index contributed by atoms with van der Waals surface area (Å²) in [7, 11) is 0. The Kier molecular flexibility index (Phi) is 3.06. The molecule has 3 rings (SSSR count). The van der Waals surface area contributed by atoms with Crippen molar-refractivity contribution in [2.75, 3.05) is 0 Å². The van der Waals surface area contributed by atoms with E-state index in [0.29, 0.717) is 6.54 Å². The van der Waals surface area contributed by atoms with Crippen molar-refractivity contribution in [2.45, 2.75) is 25.3 Å². The molecule has 1 aliphatic rings. The Hall–Kier alpha value is -1.76. The average molecular weight is 323 g/mol. The number of halogens is 1. The first kappa shape index (κ1) is 12.3. The molecule has 6 nitrogen and oxygen atoms in total.